The number of rotatable bonds is 4. The molecule has 1 fully saturated rings. The number of nitrogens with zero attached hydrogens (tertiary/aromatic N) is 2. The van der Waals surface area contributed by atoms with Crippen molar-refractivity contribution in [2.45, 2.75) is 49.5 Å². The fourth-order valence-corrected chi connectivity index (χ4v) is 3.59. The zero-order chi connectivity index (χ0) is 15.3. The second-order valence-corrected chi connectivity index (χ2v) is 6.81. The molecule has 3 nitrogen and oxygen atoms in total. The fourth-order valence-electron chi connectivity index (χ4n) is 2.77. The van der Waals surface area contributed by atoms with Crippen molar-refractivity contribution in [2.24, 2.45) is 0 Å². The van der Waals surface area contributed by atoms with Crippen LogP contribution in [0.15, 0.2) is 29.2 Å². The molecule has 112 valence electrons. The standard InChI is InChI=1S/C17H22N2OS/c1-14-6-8-15(9-7-14)21-12-16(20)19(2)17(13-18)10-4-3-5-11-17/h6-9H,3-5,10-12H2,1-2H3. The molecule has 0 heterocycles. The third-order valence-electron chi connectivity index (χ3n) is 4.29. The highest BCUT2D eigenvalue weighted by Crippen LogP contribution is 2.33. The van der Waals surface area contributed by atoms with Crippen LogP contribution in [0.4, 0.5) is 0 Å². The normalized spacial score (nSPS) is 17.0. The predicted octanol–water partition coefficient (Wildman–Crippen LogP) is 3.77. The molecule has 0 aliphatic heterocycles. The molecule has 2 rings (SSSR count). The molecule has 0 N–H and O–H groups in total. The van der Waals surface area contributed by atoms with Crippen molar-refractivity contribution in [3.05, 3.63) is 29.8 Å². The van der Waals surface area contributed by atoms with Gasteiger partial charge in [-0.15, -0.1) is 11.8 Å². The van der Waals surface area contributed by atoms with E-state index in [0.29, 0.717) is 5.75 Å². The molecule has 0 bridgehead atoms. The van der Waals surface area contributed by atoms with Crippen molar-refractivity contribution < 1.29 is 4.79 Å². The number of carbonyl (C=O) groups is 1. The summed E-state index contributed by atoms with van der Waals surface area (Å²) in [6, 6.07) is 10.6. The quantitative estimate of drug-likeness (QED) is 0.795. The van der Waals surface area contributed by atoms with E-state index < -0.39 is 5.54 Å². The second kappa shape index (κ2) is 7.00. The summed E-state index contributed by atoms with van der Waals surface area (Å²) in [4.78, 5) is 15.2. The lowest BCUT2D eigenvalue weighted by Gasteiger charge is -2.39. The molecule has 0 saturated heterocycles. The molecule has 1 aliphatic rings. The van der Waals surface area contributed by atoms with Gasteiger partial charge in [0.25, 0.3) is 0 Å². The summed E-state index contributed by atoms with van der Waals surface area (Å²) >= 11 is 1.54. The van der Waals surface area contributed by atoms with Gasteiger partial charge in [0.1, 0.15) is 5.54 Å². The van der Waals surface area contributed by atoms with Crippen LogP contribution in [0.2, 0.25) is 0 Å². The number of hydrogen-bond donors (Lipinski definition) is 0. The first-order valence-electron chi connectivity index (χ1n) is 7.45. The summed E-state index contributed by atoms with van der Waals surface area (Å²) in [5, 5.41) is 9.53. The number of thioether (sulfide) groups is 1. The molecule has 0 atom stereocenters. The van der Waals surface area contributed by atoms with Crippen molar-refractivity contribution >= 4 is 17.7 Å². The first-order valence-corrected chi connectivity index (χ1v) is 8.43. The van der Waals surface area contributed by atoms with Crippen LogP contribution in [0.3, 0.4) is 0 Å². The summed E-state index contributed by atoms with van der Waals surface area (Å²) in [6.07, 6.45) is 4.86. The van der Waals surface area contributed by atoms with E-state index in [4.69, 9.17) is 0 Å². The molecular formula is C17H22N2OS. The van der Waals surface area contributed by atoms with Gasteiger partial charge < -0.3 is 4.90 Å². The summed E-state index contributed by atoms with van der Waals surface area (Å²) in [5.41, 5.74) is 0.636. The molecule has 0 aromatic heterocycles. The minimum absolute atomic E-state index is 0.0454. The maximum atomic E-state index is 12.4. The maximum absolute atomic E-state index is 12.4. The van der Waals surface area contributed by atoms with Gasteiger partial charge in [-0.1, -0.05) is 37.0 Å². The van der Waals surface area contributed by atoms with E-state index in [0.717, 1.165) is 30.6 Å². The summed E-state index contributed by atoms with van der Waals surface area (Å²) in [6.45, 7) is 2.05. The lowest BCUT2D eigenvalue weighted by molar-refractivity contribution is -0.131. The highest BCUT2D eigenvalue weighted by molar-refractivity contribution is 8.00. The van der Waals surface area contributed by atoms with E-state index in [1.807, 2.05) is 19.1 Å². The zero-order valence-corrected chi connectivity index (χ0v) is 13.6. The summed E-state index contributed by atoms with van der Waals surface area (Å²) in [5.74, 6) is 0.437. The van der Waals surface area contributed by atoms with Gasteiger partial charge in [-0.3, -0.25) is 4.79 Å². The molecule has 0 spiro atoms. The number of hydrogen-bond acceptors (Lipinski definition) is 3. The number of nitriles is 1. The Morgan fingerprint density at radius 3 is 2.48 bits per heavy atom. The average Bonchev–Trinajstić information content (AvgIpc) is 2.54. The average molecular weight is 302 g/mol. The van der Waals surface area contributed by atoms with Gasteiger partial charge in [0.05, 0.1) is 11.8 Å². The van der Waals surface area contributed by atoms with Gasteiger partial charge in [0.2, 0.25) is 5.91 Å². The van der Waals surface area contributed by atoms with E-state index >= 15 is 0 Å². The molecule has 21 heavy (non-hydrogen) atoms. The topological polar surface area (TPSA) is 44.1 Å². The third kappa shape index (κ3) is 3.79. The molecule has 1 amide bonds. The lowest BCUT2D eigenvalue weighted by atomic mass is 9.81. The molecule has 0 unspecified atom stereocenters. The van der Waals surface area contributed by atoms with Crippen LogP contribution in [-0.2, 0) is 4.79 Å². The second-order valence-electron chi connectivity index (χ2n) is 5.76. The molecule has 0 radical (unpaired) electrons. The predicted molar refractivity (Wildman–Crippen MR) is 86.1 cm³/mol. The summed E-state index contributed by atoms with van der Waals surface area (Å²) < 4.78 is 0. The van der Waals surface area contributed by atoms with Crippen LogP contribution >= 0.6 is 11.8 Å². The molecule has 1 aromatic rings. The van der Waals surface area contributed by atoms with Crippen LogP contribution < -0.4 is 0 Å². The smallest absolute Gasteiger partial charge is 0.233 e. The zero-order valence-electron chi connectivity index (χ0n) is 12.8. The fraction of sp³-hybridized carbons (Fsp3) is 0.529. The minimum atomic E-state index is -0.580. The van der Waals surface area contributed by atoms with Crippen LogP contribution in [0.25, 0.3) is 0 Å². The Balaban J connectivity index is 1.95. The van der Waals surface area contributed by atoms with Gasteiger partial charge >= 0.3 is 0 Å². The van der Waals surface area contributed by atoms with Crippen molar-refractivity contribution in [1.82, 2.24) is 4.90 Å². The molecule has 1 aromatic carbocycles. The van der Waals surface area contributed by atoms with Gasteiger partial charge in [-0.2, -0.15) is 5.26 Å². The number of aryl methyl sites for hydroxylation is 1. The van der Waals surface area contributed by atoms with Crippen LogP contribution in [0.5, 0.6) is 0 Å². The van der Waals surface area contributed by atoms with E-state index in [2.05, 4.69) is 18.2 Å². The number of carbonyl (C=O) groups excluding carboxylic acids is 1. The van der Waals surface area contributed by atoms with E-state index in [9.17, 15) is 10.1 Å². The highest BCUT2D eigenvalue weighted by atomic mass is 32.2. The van der Waals surface area contributed by atoms with Crippen LogP contribution in [0.1, 0.15) is 37.7 Å². The van der Waals surface area contributed by atoms with Crippen molar-refractivity contribution in [3.63, 3.8) is 0 Å². The Kier molecular flexibility index (Phi) is 5.30. The minimum Gasteiger partial charge on any atom is -0.326 e. The Morgan fingerprint density at radius 2 is 1.90 bits per heavy atom. The van der Waals surface area contributed by atoms with Gasteiger partial charge in [-0.25, -0.2) is 0 Å². The van der Waals surface area contributed by atoms with E-state index in [-0.39, 0.29) is 5.91 Å². The molecular weight excluding hydrogens is 280 g/mol. The van der Waals surface area contributed by atoms with Crippen molar-refractivity contribution in [2.75, 3.05) is 12.8 Å². The van der Waals surface area contributed by atoms with Gasteiger partial charge in [0, 0.05) is 11.9 Å². The molecule has 4 heteroatoms. The SMILES string of the molecule is Cc1ccc(SCC(=O)N(C)C2(C#N)CCCCC2)cc1. The molecule has 1 aliphatic carbocycles. The Hall–Kier alpha value is -1.47. The Labute approximate surface area is 131 Å². The number of benzene rings is 1. The molecule has 1 saturated carbocycles. The third-order valence-corrected chi connectivity index (χ3v) is 5.29. The lowest BCUT2D eigenvalue weighted by Crippen LogP contribution is -2.50. The monoisotopic (exact) mass is 302 g/mol. The summed E-state index contributed by atoms with van der Waals surface area (Å²) in [7, 11) is 1.78. The largest absolute Gasteiger partial charge is 0.326 e. The van der Waals surface area contributed by atoms with Gasteiger partial charge in [0.15, 0.2) is 0 Å². The first-order chi connectivity index (χ1) is 10.1. The number of amides is 1. The van der Waals surface area contributed by atoms with Gasteiger partial charge in [-0.05, 0) is 31.9 Å². The van der Waals surface area contributed by atoms with E-state index in [1.165, 1.54) is 23.7 Å². The van der Waals surface area contributed by atoms with E-state index in [1.54, 1.807) is 11.9 Å². The van der Waals surface area contributed by atoms with Crippen LogP contribution in [0, 0.1) is 18.3 Å². The highest BCUT2D eigenvalue weighted by Gasteiger charge is 2.38. The first kappa shape index (κ1) is 15.9. The Morgan fingerprint density at radius 1 is 1.29 bits per heavy atom. The van der Waals surface area contributed by atoms with Crippen molar-refractivity contribution in [1.29, 1.82) is 5.26 Å². The maximum Gasteiger partial charge on any atom is 0.233 e. The van der Waals surface area contributed by atoms with Crippen molar-refractivity contribution in [3.8, 4) is 6.07 Å². The van der Waals surface area contributed by atoms with Crippen LogP contribution in [-0.4, -0.2) is 29.1 Å². The Bertz CT molecular complexity index is 527.